The molecule has 1 unspecified atom stereocenters. The van der Waals surface area contributed by atoms with Crippen molar-refractivity contribution in [1.29, 1.82) is 0 Å². The molecule has 0 N–H and O–H groups in total. The standard InChI is InChI=1S/C26H29N5O4S2/c1-3-19-12-18(14-29-36(32,33)20-8-9-20)13-24(19)30-16-28-23-15-27-26-22(25(23)30)10-11-31(26)37(34,35)21-6-4-17(2)5-7-21/h4-7,10-11,14-16,18-20,24H,3,8-9,12-13H2,1-2H3/b29-14+/t18?,19-,24+/m1/s1. The average molecular weight is 540 g/mol. The highest BCUT2D eigenvalue weighted by molar-refractivity contribution is 7.91. The summed E-state index contributed by atoms with van der Waals surface area (Å²) in [5.41, 5.74) is 2.88. The summed E-state index contributed by atoms with van der Waals surface area (Å²) in [6.45, 7) is 4.05. The first-order chi connectivity index (χ1) is 17.7. The summed E-state index contributed by atoms with van der Waals surface area (Å²) in [5.74, 6) is 0.379. The van der Waals surface area contributed by atoms with E-state index in [1.807, 2.05) is 6.92 Å². The number of benzene rings is 1. The second-order valence-electron chi connectivity index (χ2n) is 10.2. The average Bonchev–Trinajstić information content (AvgIpc) is 3.33. The van der Waals surface area contributed by atoms with Gasteiger partial charge in [0, 0.05) is 23.8 Å². The SMILES string of the molecule is CC[C@@H]1CC(/C=N/S(=O)(=O)C2CC2)C[C@@H]1n1cnc2cnc3c(ccn3S(=O)(=O)c3ccc(C)cc3)c21. The monoisotopic (exact) mass is 539 g/mol. The number of sulfonamides is 1. The summed E-state index contributed by atoms with van der Waals surface area (Å²) < 4.78 is 58.7. The van der Waals surface area contributed by atoms with E-state index in [-0.39, 0.29) is 22.1 Å². The van der Waals surface area contributed by atoms with Crippen molar-refractivity contribution in [1.82, 2.24) is 18.5 Å². The molecule has 1 aromatic carbocycles. The molecule has 9 nitrogen and oxygen atoms in total. The van der Waals surface area contributed by atoms with Crippen LogP contribution < -0.4 is 0 Å². The largest absolute Gasteiger partial charge is 0.327 e. The summed E-state index contributed by atoms with van der Waals surface area (Å²) in [4.78, 5) is 9.25. The van der Waals surface area contributed by atoms with E-state index in [1.165, 1.54) is 3.97 Å². The first-order valence-electron chi connectivity index (χ1n) is 12.6. The summed E-state index contributed by atoms with van der Waals surface area (Å²) >= 11 is 0. The highest BCUT2D eigenvalue weighted by Crippen LogP contribution is 2.43. The van der Waals surface area contributed by atoms with E-state index in [9.17, 15) is 16.8 Å². The van der Waals surface area contributed by atoms with Gasteiger partial charge in [-0.1, -0.05) is 31.0 Å². The Morgan fingerprint density at radius 1 is 1.05 bits per heavy atom. The van der Waals surface area contributed by atoms with Crippen molar-refractivity contribution in [3.63, 3.8) is 0 Å². The van der Waals surface area contributed by atoms with Crippen LogP contribution in [0.15, 0.2) is 58.3 Å². The lowest BCUT2D eigenvalue weighted by Crippen LogP contribution is -2.13. The molecule has 2 aliphatic carbocycles. The minimum absolute atomic E-state index is 0.0600. The second kappa shape index (κ2) is 8.76. The van der Waals surface area contributed by atoms with E-state index in [2.05, 4.69) is 25.9 Å². The summed E-state index contributed by atoms with van der Waals surface area (Å²) in [6.07, 6.45) is 10.5. The molecule has 0 spiro atoms. The number of rotatable bonds is 7. The van der Waals surface area contributed by atoms with Gasteiger partial charge in [0.05, 0.1) is 28.2 Å². The maximum atomic E-state index is 13.4. The number of aryl methyl sites for hydroxylation is 1. The Hall–Kier alpha value is -3.05. The van der Waals surface area contributed by atoms with Crippen LogP contribution >= 0.6 is 0 Å². The highest BCUT2D eigenvalue weighted by atomic mass is 32.2. The van der Waals surface area contributed by atoms with Gasteiger partial charge in [-0.25, -0.2) is 30.8 Å². The molecule has 3 aromatic heterocycles. The van der Waals surface area contributed by atoms with Crippen LogP contribution in [-0.2, 0) is 20.0 Å². The number of imidazole rings is 1. The summed E-state index contributed by atoms with van der Waals surface area (Å²) in [6, 6.07) is 8.65. The fourth-order valence-corrected chi connectivity index (χ4v) is 8.07. The lowest BCUT2D eigenvalue weighted by Gasteiger charge is -2.20. The van der Waals surface area contributed by atoms with Gasteiger partial charge in [0.1, 0.15) is 5.52 Å². The van der Waals surface area contributed by atoms with Crippen LogP contribution in [0, 0.1) is 18.8 Å². The van der Waals surface area contributed by atoms with Crippen LogP contribution in [0.25, 0.3) is 22.1 Å². The zero-order valence-corrected chi connectivity index (χ0v) is 22.4. The Labute approximate surface area is 216 Å². The molecule has 194 valence electrons. The molecule has 2 fully saturated rings. The molecule has 4 aromatic rings. The molecular formula is C26H29N5O4S2. The number of aromatic nitrogens is 4. The van der Waals surface area contributed by atoms with Gasteiger partial charge in [0.2, 0.25) is 0 Å². The van der Waals surface area contributed by atoms with Crippen molar-refractivity contribution in [2.45, 2.75) is 62.1 Å². The second-order valence-corrected chi connectivity index (χ2v) is 14.0. The minimum Gasteiger partial charge on any atom is -0.327 e. The van der Waals surface area contributed by atoms with Gasteiger partial charge in [0.15, 0.2) is 5.65 Å². The quantitative estimate of drug-likeness (QED) is 0.320. The van der Waals surface area contributed by atoms with E-state index in [0.717, 1.165) is 30.3 Å². The smallest absolute Gasteiger partial charge is 0.269 e. The van der Waals surface area contributed by atoms with Gasteiger partial charge >= 0.3 is 0 Å². The van der Waals surface area contributed by atoms with Crippen molar-refractivity contribution in [2.75, 3.05) is 0 Å². The van der Waals surface area contributed by atoms with Crippen molar-refractivity contribution >= 4 is 48.3 Å². The molecule has 3 heterocycles. The van der Waals surface area contributed by atoms with Crippen LogP contribution in [0.1, 0.15) is 50.6 Å². The van der Waals surface area contributed by atoms with Crippen molar-refractivity contribution in [3.8, 4) is 0 Å². The number of hydrogen-bond acceptors (Lipinski definition) is 6. The molecular weight excluding hydrogens is 510 g/mol. The van der Waals surface area contributed by atoms with E-state index in [1.54, 1.807) is 55.3 Å². The molecule has 6 rings (SSSR count). The summed E-state index contributed by atoms with van der Waals surface area (Å²) in [7, 11) is -7.21. The molecule has 0 radical (unpaired) electrons. The van der Waals surface area contributed by atoms with E-state index < -0.39 is 20.0 Å². The fraction of sp³-hybridized carbons (Fsp3) is 0.423. The lowest BCUT2D eigenvalue weighted by atomic mass is 10.00. The van der Waals surface area contributed by atoms with Crippen LogP contribution in [0.5, 0.6) is 0 Å². The maximum Gasteiger partial charge on any atom is 0.269 e. The van der Waals surface area contributed by atoms with Crippen molar-refractivity contribution in [3.05, 3.63) is 54.6 Å². The van der Waals surface area contributed by atoms with Gasteiger partial charge in [-0.15, -0.1) is 0 Å². The predicted molar refractivity (Wildman–Crippen MR) is 143 cm³/mol. The molecule has 11 heteroatoms. The van der Waals surface area contributed by atoms with Crippen LogP contribution in [0.3, 0.4) is 0 Å². The molecule has 0 aliphatic heterocycles. The number of nitrogens with zero attached hydrogens (tertiary/aromatic N) is 5. The van der Waals surface area contributed by atoms with Crippen LogP contribution in [0.2, 0.25) is 0 Å². The van der Waals surface area contributed by atoms with E-state index >= 15 is 0 Å². The Morgan fingerprint density at radius 2 is 1.81 bits per heavy atom. The third-order valence-electron chi connectivity index (χ3n) is 7.73. The normalized spacial score (nSPS) is 23.0. The van der Waals surface area contributed by atoms with Crippen molar-refractivity contribution in [2.24, 2.45) is 16.2 Å². The molecule has 3 atom stereocenters. The fourth-order valence-electron chi connectivity index (χ4n) is 5.52. The molecule has 0 amide bonds. The first-order valence-corrected chi connectivity index (χ1v) is 15.6. The van der Waals surface area contributed by atoms with Gasteiger partial charge in [0.25, 0.3) is 20.0 Å². The minimum atomic E-state index is -3.82. The third kappa shape index (κ3) is 4.17. The molecule has 2 saturated carbocycles. The molecule has 2 aliphatic rings. The van der Waals surface area contributed by atoms with Gasteiger partial charge in [-0.05, 0) is 62.6 Å². The third-order valence-corrected chi connectivity index (χ3v) is 11.1. The van der Waals surface area contributed by atoms with Gasteiger partial charge in [-0.2, -0.15) is 4.40 Å². The Morgan fingerprint density at radius 3 is 2.51 bits per heavy atom. The van der Waals surface area contributed by atoms with Crippen molar-refractivity contribution < 1.29 is 16.8 Å². The Bertz CT molecular complexity index is 1730. The van der Waals surface area contributed by atoms with E-state index in [4.69, 9.17) is 0 Å². The number of fused-ring (bicyclic) bond motifs is 3. The first kappa shape index (κ1) is 24.3. The Balaban J connectivity index is 1.39. The Kier molecular flexibility index (Phi) is 5.76. The predicted octanol–water partition coefficient (Wildman–Crippen LogP) is 4.47. The maximum absolute atomic E-state index is 13.4. The zero-order chi connectivity index (χ0) is 25.9. The highest BCUT2D eigenvalue weighted by Gasteiger charge is 2.37. The molecule has 0 bridgehead atoms. The van der Waals surface area contributed by atoms with Gasteiger partial charge < -0.3 is 4.57 Å². The number of hydrogen-bond donors (Lipinski definition) is 0. The zero-order valence-electron chi connectivity index (χ0n) is 20.7. The molecule has 0 saturated heterocycles. The summed E-state index contributed by atoms with van der Waals surface area (Å²) in [5, 5.41) is 0.412. The number of pyridine rings is 1. The lowest BCUT2D eigenvalue weighted by molar-refractivity contribution is 0.377. The van der Waals surface area contributed by atoms with Gasteiger partial charge in [-0.3, -0.25) is 0 Å². The van der Waals surface area contributed by atoms with Crippen LogP contribution in [0.4, 0.5) is 0 Å². The topological polar surface area (TPSA) is 116 Å². The molecule has 37 heavy (non-hydrogen) atoms. The van der Waals surface area contributed by atoms with E-state index in [0.29, 0.717) is 35.3 Å². The van der Waals surface area contributed by atoms with Crippen LogP contribution in [-0.4, -0.2) is 46.8 Å².